The first-order valence-corrected chi connectivity index (χ1v) is 16.3. The SMILES string of the molecule is CCCCCCCCCCC(CCCCCCCCC=CCCCCCCCC(=O)O)(CC(O)CO)C(=O)O. The van der Waals surface area contributed by atoms with Crippen LogP contribution in [0.1, 0.15) is 167 Å². The van der Waals surface area contributed by atoms with Gasteiger partial charge >= 0.3 is 11.9 Å². The van der Waals surface area contributed by atoms with Gasteiger partial charge in [-0.05, 0) is 51.4 Å². The highest BCUT2D eigenvalue weighted by Gasteiger charge is 2.39. The number of hydrogen-bond acceptors (Lipinski definition) is 4. The van der Waals surface area contributed by atoms with E-state index in [1.165, 1.54) is 64.2 Å². The molecule has 0 saturated carbocycles. The van der Waals surface area contributed by atoms with Crippen molar-refractivity contribution < 1.29 is 30.0 Å². The third-order valence-corrected chi connectivity index (χ3v) is 8.00. The van der Waals surface area contributed by atoms with Crippen molar-refractivity contribution in [2.45, 2.75) is 174 Å². The van der Waals surface area contributed by atoms with E-state index in [0.29, 0.717) is 12.8 Å². The second-order valence-electron chi connectivity index (χ2n) is 11.7. The second kappa shape index (κ2) is 26.8. The Morgan fingerprint density at radius 3 is 1.46 bits per heavy atom. The molecule has 0 amide bonds. The lowest BCUT2D eigenvalue weighted by Crippen LogP contribution is -2.36. The summed E-state index contributed by atoms with van der Waals surface area (Å²) in [6.45, 7) is 1.84. The Kier molecular flexibility index (Phi) is 25.8. The molecule has 39 heavy (non-hydrogen) atoms. The Morgan fingerprint density at radius 2 is 1.05 bits per heavy atom. The van der Waals surface area contributed by atoms with Crippen LogP contribution in [0.2, 0.25) is 0 Å². The fourth-order valence-corrected chi connectivity index (χ4v) is 5.48. The topological polar surface area (TPSA) is 115 Å². The van der Waals surface area contributed by atoms with E-state index in [4.69, 9.17) is 5.11 Å². The van der Waals surface area contributed by atoms with Gasteiger partial charge in [-0.25, -0.2) is 0 Å². The van der Waals surface area contributed by atoms with Gasteiger partial charge in [-0.3, -0.25) is 9.59 Å². The number of carboxylic acids is 2. The van der Waals surface area contributed by atoms with E-state index in [0.717, 1.165) is 70.6 Å². The number of carboxylic acid groups (broad SMARTS) is 2. The van der Waals surface area contributed by atoms with Crippen molar-refractivity contribution in [3.8, 4) is 0 Å². The van der Waals surface area contributed by atoms with Gasteiger partial charge in [0, 0.05) is 6.42 Å². The molecule has 2 atom stereocenters. The van der Waals surface area contributed by atoms with Crippen LogP contribution in [0.25, 0.3) is 0 Å². The summed E-state index contributed by atoms with van der Waals surface area (Å²) in [6, 6.07) is 0. The number of carbonyl (C=O) groups is 2. The van der Waals surface area contributed by atoms with Crippen LogP contribution < -0.4 is 0 Å². The van der Waals surface area contributed by atoms with Gasteiger partial charge < -0.3 is 20.4 Å². The summed E-state index contributed by atoms with van der Waals surface area (Å²) < 4.78 is 0. The minimum atomic E-state index is -0.966. The number of rotatable bonds is 30. The summed E-state index contributed by atoms with van der Waals surface area (Å²) in [5.41, 5.74) is -0.923. The molecule has 0 aromatic heterocycles. The minimum Gasteiger partial charge on any atom is -0.481 e. The van der Waals surface area contributed by atoms with Gasteiger partial charge in [-0.1, -0.05) is 122 Å². The molecule has 0 fully saturated rings. The zero-order chi connectivity index (χ0) is 29.0. The lowest BCUT2D eigenvalue weighted by Gasteiger charge is -2.31. The maximum absolute atomic E-state index is 12.3. The molecule has 0 aliphatic carbocycles. The Labute approximate surface area is 239 Å². The van der Waals surface area contributed by atoms with Crippen LogP contribution in [0.5, 0.6) is 0 Å². The minimum absolute atomic E-state index is 0.145. The van der Waals surface area contributed by atoms with Crippen LogP contribution in [0.4, 0.5) is 0 Å². The van der Waals surface area contributed by atoms with E-state index in [2.05, 4.69) is 19.1 Å². The number of aliphatic carboxylic acids is 2. The van der Waals surface area contributed by atoms with Crippen LogP contribution in [-0.2, 0) is 9.59 Å². The van der Waals surface area contributed by atoms with Gasteiger partial charge in [-0.2, -0.15) is 0 Å². The molecular weight excluding hydrogens is 492 g/mol. The summed E-state index contributed by atoms with van der Waals surface area (Å²) in [5.74, 6) is -1.51. The Morgan fingerprint density at radius 1 is 0.641 bits per heavy atom. The lowest BCUT2D eigenvalue weighted by molar-refractivity contribution is -0.153. The van der Waals surface area contributed by atoms with Gasteiger partial charge in [0.05, 0.1) is 18.1 Å². The van der Waals surface area contributed by atoms with Crippen molar-refractivity contribution >= 4 is 11.9 Å². The van der Waals surface area contributed by atoms with Gasteiger partial charge in [-0.15, -0.1) is 0 Å². The largest absolute Gasteiger partial charge is 0.481 e. The molecule has 0 heterocycles. The fraction of sp³-hybridized carbons (Fsp3) is 0.879. The maximum atomic E-state index is 12.3. The zero-order valence-electron chi connectivity index (χ0n) is 25.2. The fourth-order valence-electron chi connectivity index (χ4n) is 5.48. The van der Waals surface area contributed by atoms with E-state index in [-0.39, 0.29) is 19.4 Å². The number of allylic oxidation sites excluding steroid dienone is 2. The first kappa shape index (κ1) is 37.6. The van der Waals surface area contributed by atoms with Crippen LogP contribution in [0.3, 0.4) is 0 Å². The van der Waals surface area contributed by atoms with E-state index in [1.54, 1.807) is 0 Å². The van der Waals surface area contributed by atoms with Crippen molar-refractivity contribution in [1.29, 1.82) is 0 Å². The summed E-state index contributed by atoms with van der Waals surface area (Å²) >= 11 is 0. The van der Waals surface area contributed by atoms with Crippen molar-refractivity contribution in [3.63, 3.8) is 0 Å². The second-order valence-corrected chi connectivity index (χ2v) is 11.7. The quantitative estimate of drug-likeness (QED) is 0.0521. The molecule has 4 N–H and O–H groups in total. The highest BCUT2D eigenvalue weighted by Crippen LogP contribution is 2.37. The van der Waals surface area contributed by atoms with Crippen LogP contribution in [-0.4, -0.2) is 45.1 Å². The predicted molar refractivity (Wildman–Crippen MR) is 161 cm³/mol. The third-order valence-electron chi connectivity index (χ3n) is 8.00. The Bertz CT molecular complexity index is 605. The molecule has 0 aliphatic rings. The predicted octanol–water partition coefficient (Wildman–Crippen LogP) is 8.82. The van der Waals surface area contributed by atoms with Gasteiger partial charge in [0.1, 0.15) is 0 Å². The van der Waals surface area contributed by atoms with E-state index in [1.807, 2.05) is 0 Å². The molecule has 2 unspecified atom stereocenters. The third kappa shape index (κ3) is 23.0. The zero-order valence-corrected chi connectivity index (χ0v) is 25.2. The van der Waals surface area contributed by atoms with Gasteiger partial charge in [0.25, 0.3) is 0 Å². The Hall–Kier alpha value is -1.40. The summed E-state index contributed by atoms with van der Waals surface area (Å²) in [6.07, 6.45) is 28.6. The molecule has 0 radical (unpaired) electrons. The molecule has 0 spiro atoms. The smallest absolute Gasteiger partial charge is 0.309 e. The summed E-state index contributed by atoms with van der Waals surface area (Å²) in [4.78, 5) is 22.8. The van der Waals surface area contributed by atoms with Crippen molar-refractivity contribution in [2.75, 3.05) is 6.61 Å². The average molecular weight is 555 g/mol. The van der Waals surface area contributed by atoms with Crippen LogP contribution >= 0.6 is 0 Å². The first-order valence-electron chi connectivity index (χ1n) is 16.3. The van der Waals surface area contributed by atoms with Gasteiger partial charge in [0.2, 0.25) is 0 Å². The summed E-state index contributed by atoms with van der Waals surface area (Å²) in [5, 5.41) is 38.2. The van der Waals surface area contributed by atoms with E-state index >= 15 is 0 Å². The Balaban J connectivity index is 4.04. The van der Waals surface area contributed by atoms with Gasteiger partial charge in [0.15, 0.2) is 0 Å². The molecule has 0 saturated heterocycles. The average Bonchev–Trinajstić information content (AvgIpc) is 2.91. The highest BCUT2D eigenvalue weighted by molar-refractivity contribution is 5.74. The van der Waals surface area contributed by atoms with Crippen molar-refractivity contribution in [3.05, 3.63) is 12.2 Å². The molecule has 6 heteroatoms. The van der Waals surface area contributed by atoms with Crippen LogP contribution in [0, 0.1) is 5.41 Å². The summed E-state index contributed by atoms with van der Waals surface area (Å²) in [7, 11) is 0. The van der Waals surface area contributed by atoms with E-state index < -0.39 is 23.5 Å². The normalized spacial score (nSPS) is 14.0. The van der Waals surface area contributed by atoms with Crippen molar-refractivity contribution in [1.82, 2.24) is 0 Å². The molecule has 0 aromatic rings. The maximum Gasteiger partial charge on any atom is 0.309 e. The molecule has 0 rings (SSSR count). The molecule has 6 nitrogen and oxygen atoms in total. The van der Waals surface area contributed by atoms with E-state index in [9.17, 15) is 24.9 Å². The number of aliphatic hydroxyl groups is 2. The number of unbranched alkanes of at least 4 members (excludes halogenated alkanes) is 18. The molecule has 0 aliphatic heterocycles. The molecule has 0 aromatic carbocycles. The highest BCUT2D eigenvalue weighted by atomic mass is 16.4. The number of aliphatic hydroxyl groups excluding tert-OH is 2. The monoisotopic (exact) mass is 554 g/mol. The lowest BCUT2D eigenvalue weighted by atomic mass is 9.73. The standard InChI is InChI=1S/C33H62O6/c1-2-3-4-5-6-17-20-23-26-33(32(38)39,28-30(35)29-34)27-24-21-18-15-13-11-9-7-8-10-12-14-16-19-22-25-31(36)37/h7-8,30,34-35H,2-6,9-29H2,1H3,(H,36,37)(H,38,39). The molecule has 230 valence electrons. The van der Waals surface area contributed by atoms with Crippen LogP contribution in [0.15, 0.2) is 12.2 Å². The van der Waals surface area contributed by atoms with Crippen molar-refractivity contribution in [2.24, 2.45) is 5.41 Å². The molecular formula is C33H62O6. The number of hydrogen-bond donors (Lipinski definition) is 4. The first-order chi connectivity index (χ1) is 18.9. The molecule has 0 bridgehead atoms.